The first-order valence-corrected chi connectivity index (χ1v) is 5.89. The molecule has 1 aromatic carbocycles. The molecule has 5 nitrogen and oxygen atoms in total. The second-order valence-corrected chi connectivity index (χ2v) is 3.74. The van der Waals surface area contributed by atoms with Crippen molar-refractivity contribution in [2.75, 3.05) is 11.9 Å². The van der Waals surface area contributed by atoms with Gasteiger partial charge in [0.1, 0.15) is 0 Å². The van der Waals surface area contributed by atoms with Crippen LogP contribution in [0.2, 0.25) is 0 Å². The smallest absolute Gasteiger partial charge is 0.411 e. The number of hydrogen-bond donors (Lipinski definition) is 2. The van der Waals surface area contributed by atoms with E-state index in [2.05, 4.69) is 5.32 Å². The van der Waals surface area contributed by atoms with Gasteiger partial charge in [0.25, 0.3) is 0 Å². The summed E-state index contributed by atoms with van der Waals surface area (Å²) in [6.45, 7) is 3.89. The Balaban J connectivity index is 3.06. The fraction of sp³-hybridized carbons (Fsp3) is 0.385. The van der Waals surface area contributed by atoms with Crippen LogP contribution >= 0.6 is 0 Å². The standard InChI is InChI=1S/C13H17NO4/c1-3-6-9-7-5-8-10(11(9)12(15)16)14-13(17)18-4-2/h5,7-8H,3-4,6H2,1-2H3,(H,14,17)(H,15,16). The lowest BCUT2D eigenvalue weighted by Crippen LogP contribution is -2.17. The number of aryl methyl sites for hydroxylation is 1. The molecule has 0 aliphatic carbocycles. The first kappa shape index (κ1) is 14.0. The van der Waals surface area contributed by atoms with Crippen LogP contribution in [0.1, 0.15) is 36.2 Å². The molecule has 0 bridgehead atoms. The predicted molar refractivity (Wildman–Crippen MR) is 68.0 cm³/mol. The Kier molecular flexibility index (Phi) is 5.17. The van der Waals surface area contributed by atoms with Gasteiger partial charge in [0.05, 0.1) is 17.9 Å². The highest BCUT2D eigenvalue weighted by Gasteiger charge is 2.16. The van der Waals surface area contributed by atoms with Crippen LogP contribution in [0.4, 0.5) is 10.5 Å². The molecule has 98 valence electrons. The van der Waals surface area contributed by atoms with Crippen LogP contribution in [0.5, 0.6) is 0 Å². The summed E-state index contributed by atoms with van der Waals surface area (Å²) in [7, 11) is 0. The maximum atomic E-state index is 11.3. The molecule has 0 aromatic heterocycles. The Morgan fingerprint density at radius 3 is 2.61 bits per heavy atom. The molecule has 1 rings (SSSR count). The molecule has 0 saturated heterocycles. The molecule has 0 atom stereocenters. The summed E-state index contributed by atoms with van der Waals surface area (Å²) < 4.78 is 4.74. The van der Waals surface area contributed by atoms with E-state index < -0.39 is 12.1 Å². The molecule has 0 spiro atoms. The number of carboxylic acids is 1. The van der Waals surface area contributed by atoms with Gasteiger partial charge in [0.2, 0.25) is 0 Å². The van der Waals surface area contributed by atoms with Gasteiger partial charge < -0.3 is 9.84 Å². The number of carbonyl (C=O) groups excluding carboxylic acids is 1. The Bertz CT molecular complexity index is 443. The van der Waals surface area contributed by atoms with Crippen molar-refractivity contribution in [3.8, 4) is 0 Å². The molecule has 0 aliphatic rings. The van der Waals surface area contributed by atoms with Crippen molar-refractivity contribution >= 4 is 17.7 Å². The van der Waals surface area contributed by atoms with Crippen LogP contribution in [-0.4, -0.2) is 23.8 Å². The average molecular weight is 251 g/mol. The molecular weight excluding hydrogens is 234 g/mol. The number of carbonyl (C=O) groups is 2. The fourth-order valence-corrected chi connectivity index (χ4v) is 1.71. The van der Waals surface area contributed by atoms with Crippen LogP contribution in [0.15, 0.2) is 18.2 Å². The first-order chi connectivity index (χ1) is 8.60. The summed E-state index contributed by atoms with van der Waals surface area (Å²) >= 11 is 0. The summed E-state index contributed by atoms with van der Waals surface area (Å²) in [6, 6.07) is 5.03. The zero-order chi connectivity index (χ0) is 13.5. The summed E-state index contributed by atoms with van der Waals surface area (Å²) in [4.78, 5) is 22.6. The van der Waals surface area contributed by atoms with E-state index >= 15 is 0 Å². The lowest BCUT2D eigenvalue weighted by molar-refractivity contribution is 0.0697. The van der Waals surface area contributed by atoms with Gasteiger partial charge in [-0.2, -0.15) is 0 Å². The van der Waals surface area contributed by atoms with E-state index in [-0.39, 0.29) is 17.9 Å². The Hall–Kier alpha value is -2.04. The molecule has 2 N–H and O–H groups in total. The topological polar surface area (TPSA) is 75.6 Å². The molecule has 0 saturated carbocycles. The van der Waals surface area contributed by atoms with Crippen LogP contribution in [0.3, 0.4) is 0 Å². The largest absolute Gasteiger partial charge is 0.478 e. The molecule has 1 aromatic rings. The maximum absolute atomic E-state index is 11.3. The minimum Gasteiger partial charge on any atom is -0.478 e. The summed E-state index contributed by atoms with van der Waals surface area (Å²) in [5, 5.41) is 11.7. The van der Waals surface area contributed by atoms with Crippen LogP contribution in [-0.2, 0) is 11.2 Å². The summed E-state index contributed by atoms with van der Waals surface area (Å²) in [6.07, 6.45) is 0.844. The van der Waals surface area contributed by atoms with Crippen LogP contribution in [0, 0.1) is 0 Å². The van der Waals surface area contributed by atoms with Gasteiger partial charge in [-0.1, -0.05) is 25.5 Å². The van der Waals surface area contributed by atoms with E-state index in [0.717, 1.165) is 6.42 Å². The SMILES string of the molecule is CCCc1cccc(NC(=O)OCC)c1C(=O)O. The van der Waals surface area contributed by atoms with Crippen LogP contribution in [0.25, 0.3) is 0 Å². The monoisotopic (exact) mass is 251 g/mol. The van der Waals surface area contributed by atoms with Gasteiger partial charge in [-0.3, -0.25) is 5.32 Å². The normalized spacial score (nSPS) is 9.89. The number of ether oxygens (including phenoxy) is 1. The number of benzene rings is 1. The number of hydrogen-bond acceptors (Lipinski definition) is 3. The second-order valence-electron chi connectivity index (χ2n) is 3.74. The fourth-order valence-electron chi connectivity index (χ4n) is 1.71. The minimum atomic E-state index is -1.05. The van der Waals surface area contributed by atoms with Gasteiger partial charge in [-0.25, -0.2) is 9.59 Å². The van der Waals surface area contributed by atoms with Gasteiger partial charge in [-0.15, -0.1) is 0 Å². The van der Waals surface area contributed by atoms with E-state index in [4.69, 9.17) is 4.74 Å². The highest BCUT2D eigenvalue weighted by molar-refractivity contribution is 6.00. The number of rotatable bonds is 5. The van der Waals surface area contributed by atoms with E-state index in [0.29, 0.717) is 12.0 Å². The Morgan fingerprint density at radius 1 is 1.33 bits per heavy atom. The number of amides is 1. The number of aromatic carboxylic acids is 1. The molecule has 0 unspecified atom stereocenters. The lowest BCUT2D eigenvalue weighted by atomic mass is 10.0. The second kappa shape index (κ2) is 6.64. The molecule has 0 aliphatic heterocycles. The maximum Gasteiger partial charge on any atom is 0.411 e. The third-order valence-electron chi connectivity index (χ3n) is 2.40. The van der Waals surface area contributed by atoms with Crippen LogP contribution < -0.4 is 5.32 Å². The molecule has 0 heterocycles. The molecular formula is C13H17NO4. The Morgan fingerprint density at radius 2 is 2.06 bits per heavy atom. The van der Waals surface area contributed by atoms with Crippen molar-refractivity contribution in [1.82, 2.24) is 0 Å². The van der Waals surface area contributed by atoms with Gasteiger partial charge in [0, 0.05) is 0 Å². The molecule has 0 fully saturated rings. The quantitative estimate of drug-likeness (QED) is 0.843. The number of nitrogens with one attached hydrogen (secondary N) is 1. The first-order valence-electron chi connectivity index (χ1n) is 5.89. The molecule has 5 heteroatoms. The third-order valence-corrected chi connectivity index (χ3v) is 2.40. The van der Waals surface area contributed by atoms with E-state index in [9.17, 15) is 14.7 Å². The van der Waals surface area contributed by atoms with Gasteiger partial charge in [0.15, 0.2) is 0 Å². The predicted octanol–water partition coefficient (Wildman–Crippen LogP) is 2.91. The highest BCUT2D eigenvalue weighted by Crippen LogP contribution is 2.21. The van der Waals surface area contributed by atoms with Crippen molar-refractivity contribution in [2.24, 2.45) is 0 Å². The Labute approximate surface area is 106 Å². The third kappa shape index (κ3) is 3.48. The highest BCUT2D eigenvalue weighted by atomic mass is 16.5. The molecule has 18 heavy (non-hydrogen) atoms. The van der Waals surface area contributed by atoms with Crippen molar-refractivity contribution in [3.63, 3.8) is 0 Å². The zero-order valence-corrected chi connectivity index (χ0v) is 10.5. The van der Waals surface area contributed by atoms with Crippen molar-refractivity contribution in [2.45, 2.75) is 26.7 Å². The lowest BCUT2D eigenvalue weighted by Gasteiger charge is -2.11. The molecule has 1 amide bonds. The minimum absolute atomic E-state index is 0.132. The van der Waals surface area contributed by atoms with E-state index in [1.807, 2.05) is 6.92 Å². The molecule has 0 radical (unpaired) electrons. The van der Waals surface area contributed by atoms with Gasteiger partial charge in [-0.05, 0) is 25.0 Å². The zero-order valence-electron chi connectivity index (χ0n) is 10.5. The van der Waals surface area contributed by atoms with Crippen molar-refractivity contribution in [1.29, 1.82) is 0 Å². The van der Waals surface area contributed by atoms with Crippen molar-refractivity contribution in [3.05, 3.63) is 29.3 Å². The average Bonchev–Trinajstić information content (AvgIpc) is 2.29. The van der Waals surface area contributed by atoms with E-state index in [1.165, 1.54) is 0 Å². The summed E-state index contributed by atoms with van der Waals surface area (Å²) in [5.41, 5.74) is 1.11. The number of carboxylic acid groups (broad SMARTS) is 1. The number of anilines is 1. The van der Waals surface area contributed by atoms with Crippen molar-refractivity contribution < 1.29 is 19.4 Å². The van der Waals surface area contributed by atoms with Gasteiger partial charge >= 0.3 is 12.1 Å². The summed E-state index contributed by atoms with van der Waals surface area (Å²) in [5.74, 6) is -1.05. The van der Waals surface area contributed by atoms with E-state index in [1.54, 1.807) is 25.1 Å².